The van der Waals surface area contributed by atoms with Crippen LogP contribution in [0, 0.1) is 0 Å². The highest BCUT2D eigenvalue weighted by Crippen LogP contribution is 2.41. The van der Waals surface area contributed by atoms with Crippen molar-refractivity contribution in [3.63, 3.8) is 0 Å². The Morgan fingerprint density at radius 1 is 1.29 bits per heavy atom. The van der Waals surface area contributed by atoms with Gasteiger partial charge in [-0.25, -0.2) is 0 Å². The molecule has 24 heavy (non-hydrogen) atoms. The maximum absolute atomic E-state index is 4.38. The van der Waals surface area contributed by atoms with E-state index in [0.717, 1.165) is 24.7 Å². The number of hydrogen-bond donors (Lipinski definition) is 2. The average molecular weight is 346 g/mol. The molecule has 0 amide bonds. The lowest BCUT2D eigenvalue weighted by Gasteiger charge is -2.37. The van der Waals surface area contributed by atoms with Crippen LogP contribution in [0.4, 0.5) is 0 Å². The third-order valence-electron chi connectivity index (χ3n) is 5.03. The first kappa shape index (κ1) is 17.0. The zero-order chi connectivity index (χ0) is 16.8. The molecule has 0 radical (unpaired) electrons. The van der Waals surface area contributed by atoms with Gasteiger partial charge in [0.05, 0.1) is 12.2 Å². The van der Waals surface area contributed by atoms with Gasteiger partial charge in [0.1, 0.15) is 0 Å². The van der Waals surface area contributed by atoms with E-state index in [4.69, 9.17) is 0 Å². The number of guanidine groups is 1. The van der Waals surface area contributed by atoms with Gasteiger partial charge in [-0.05, 0) is 30.4 Å². The third-order valence-corrected chi connectivity index (χ3v) is 6.15. The molecule has 3 rings (SSSR count). The summed E-state index contributed by atoms with van der Waals surface area (Å²) in [7, 11) is 3.79. The predicted molar refractivity (Wildman–Crippen MR) is 100 cm³/mol. The molecule has 0 spiro atoms. The van der Waals surface area contributed by atoms with E-state index < -0.39 is 0 Å². The largest absolute Gasteiger partial charge is 0.355 e. The van der Waals surface area contributed by atoms with Crippen LogP contribution < -0.4 is 10.6 Å². The quantitative estimate of drug-likeness (QED) is 0.647. The number of nitrogens with one attached hydrogen (secondary N) is 2. The molecule has 0 atom stereocenters. The Morgan fingerprint density at radius 3 is 2.75 bits per heavy atom. The van der Waals surface area contributed by atoms with Gasteiger partial charge >= 0.3 is 0 Å². The second-order valence-corrected chi connectivity index (χ2v) is 7.49. The molecule has 2 aromatic rings. The summed E-state index contributed by atoms with van der Waals surface area (Å²) in [6.07, 6.45) is 8.35. The average Bonchev–Trinajstić information content (AvgIpc) is 3.28. The Kier molecular flexibility index (Phi) is 5.56. The molecule has 1 aliphatic carbocycles. The summed E-state index contributed by atoms with van der Waals surface area (Å²) in [5.41, 5.74) is 1.40. The zero-order valence-corrected chi connectivity index (χ0v) is 15.4. The van der Waals surface area contributed by atoms with E-state index in [-0.39, 0.29) is 5.41 Å². The molecule has 1 fully saturated rings. The minimum atomic E-state index is 0.260. The summed E-state index contributed by atoms with van der Waals surface area (Å²) in [5.74, 6) is 0.859. The Balaban J connectivity index is 1.61. The summed E-state index contributed by atoms with van der Waals surface area (Å²) < 4.78 is 1.88. The summed E-state index contributed by atoms with van der Waals surface area (Å²) in [4.78, 5) is 5.89. The third kappa shape index (κ3) is 3.80. The highest BCUT2D eigenvalue weighted by Gasteiger charge is 2.34. The van der Waals surface area contributed by atoms with Crippen LogP contribution in [-0.4, -0.2) is 29.3 Å². The molecule has 0 aliphatic heterocycles. The van der Waals surface area contributed by atoms with Crippen molar-refractivity contribution in [2.75, 3.05) is 13.6 Å². The lowest BCUT2D eigenvalue weighted by Crippen LogP contribution is -2.46. The minimum Gasteiger partial charge on any atom is -0.355 e. The summed E-state index contributed by atoms with van der Waals surface area (Å²) >= 11 is 1.89. The van der Waals surface area contributed by atoms with Crippen LogP contribution in [-0.2, 0) is 19.0 Å². The van der Waals surface area contributed by atoms with Crippen molar-refractivity contribution in [3.05, 3.63) is 40.3 Å². The molecular weight excluding hydrogens is 318 g/mol. The molecule has 0 unspecified atom stereocenters. The van der Waals surface area contributed by atoms with Crippen molar-refractivity contribution < 1.29 is 0 Å². The Morgan fingerprint density at radius 2 is 2.12 bits per heavy atom. The van der Waals surface area contributed by atoms with E-state index in [0.29, 0.717) is 0 Å². The predicted octanol–water partition coefficient (Wildman–Crippen LogP) is 3.05. The van der Waals surface area contributed by atoms with E-state index in [2.05, 4.69) is 38.2 Å². The number of aliphatic imine (C=N–C) groups is 1. The van der Waals surface area contributed by atoms with Gasteiger partial charge in [-0.2, -0.15) is 5.10 Å². The van der Waals surface area contributed by atoms with Crippen molar-refractivity contribution in [2.45, 2.75) is 44.1 Å². The first-order chi connectivity index (χ1) is 11.7. The van der Waals surface area contributed by atoms with Gasteiger partial charge in [-0.1, -0.05) is 25.3 Å². The smallest absolute Gasteiger partial charge is 0.191 e. The van der Waals surface area contributed by atoms with E-state index >= 15 is 0 Å². The van der Waals surface area contributed by atoms with Crippen molar-refractivity contribution in [1.82, 2.24) is 20.4 Å². The van der Waals surface area contributed by atoms with Gasteiger partial charge in [-0.15, -0.1) is 11.3 Å². The number of aromatic nitrogens is 2. The molecule has 6 heteroatoms. The van der Waals surface area contributed by atoms with Gasteiger partial charge in [0.25, 0.3) is 0 Å². The first-order valence-corrected chi connectivity index (χ1v) is 9.57. The van der Waals surface area contributed by atoms with Crippen molar-refractivity contribution in [3.8, 4) is 0 Å². The van der Waals surface area contributed by atoms with Crippen molar-refractivity contribution in [2.24, 2.45) is 12.0 Å². The second-order valence-electron chi connectivity index (χ2n) is 6.54. The monoisotopic (exact) mass is 345 g/mol. The molecule has 0 saturated heterocycles. The van der Waals surface area contributed by atoms with Gasteiger partial charge in [-0.3, -0.25) is 9.67 Å². The molecule has 2 heterocycles. The molecular formula is C18H27N5S. The second kappa shape index (κ2) is 7.83. The van der Waals surface area contributed by atoms with E-state index in [1.165, 1.54) is 37.0 Å². The van der Waals surface area contributed by atoms with Crippen molar-refractivity contribution in [1.29, 1.82) is 0 Å². The van der Waals surface area contributed by atoms with Crippen LogP contribution in [0.3, 0.4) is 0 Å². The summed E-state index contributed by atoms with van der Waals surface area (Å²) in [5, 5.41) is 13.4. The fourth-order valence-corrected chi connectivity index (χ4v) is 4.53. The lowest BCUT2D eigenvalue weighted by molar-refractivity contribution is 0.296. The molecule has 130 valence electrons. The number of aryl methyl sites for hydroxylation is 1. The van der Waals surface area contributed by atoms with Crippen LogP contribution in [0.2, 0.25) is 0 Å². The lowest BCUT2D eigenvalue weighted by atomic mass is 9.73. The zero-order valence-electron chi connectivity index (χ0n) is 14.6. The topological polar surface area (TPSA) is 54.2 Å². The van der Waals surface area contributed by atoms with Crippen LogP contribution in [0.25, 0.3) is 0 Å². The Labute approximate surface area is 148 Å². The molecule has 1 saturated carbocycles. The van der Waals surface area contributed by atoms with Gasteiger partial charge < -0.3 is 10.6 Å². The Bertz CT molecular complexity index is 653. The molecule has 0 aromatic carbocycles. The fourth-order valence-electron chi connectivity index (χ4n) is 3.54. The van der Waals surface area contributed by atoms with Crippen LogP contribution in [0.5, 0.6) is 0 Å². The number of rotatable bonds is 5. The maximum atomic E-state index is 4.38. The Hall–Kier alpha value is -1.82. The number of hydrogen-bond acceptors (Lipinski definition) is 3. The molecule has 1 aliphatic rings. The molecule has 2 aromatic heterocycles. The number of nitrogens with zero attached hydrogens (tertiary/aromatic N) is 3. The highest BCUT2D eigenvalue weighted by molar-refractivity contribution is 7.10. The fraction of sp³-hybridized carbons (Fsp3) is 0.556. The van der Waals surface area contributed by atoms with Gasteiger partial charge in [0.15, 0.2) is 5.96 Å². The molecule has 2 N–H and O–H groups in total. The molecule has 0 bridgehead atoms. The maximum Gasteiger partial charge on any atom is 0.191 e. The normalized spacial score (nSPS) is 17.7. The SMILES string of the molecule is CN=C(NCc1ccnn1C)NCC1(c2cccs2)CCCCC1. The summed E-state index contributed by atoms with van der Waals surface area (Å²) in [6.45, 7) is 1.67. The van der Waals surface area contributed by atoms with Crippen LogP contribution in [0.1, 0.15) is 42.7 Å². The van der Waals surface area contributed by atoms with Crippen LogP contribution in [0.15, 0.2) is 34.8 Å². The van der Waals surface area contributed by atoms with E-state index in [1.807, 2.05) is 42.4 Å². The van der Waals surface area contributed by atoms with E-state index in [1.54, 1.807) is 0 Å². The first-order valence-electron chi connectivity index (χ1n) is 8.69. The van der Waals surface area contributed by atoms with E-state index in [9.17, 15) is 0 Å². The van der Waals surface area contributed by atoms with Crippen molar-refractivity contribution >= 4 is 17.3 Å². The number of thiophene rings is 1. The summed E-state index contributed by atoms with van der Waals surface area (Å²) in [6, 6.07) is 6.49. The molecule has 5 nitrogen and oxygen atoms in total. The standard InChI is InChI=1S/C18H27N5S/c1-19-17(20-13-15-8-11-22-23(15)2)21-14-18(9-4-3-5-10-18)16-7-6-12-24-16/h6-8,11-12H,3-5,9-10,13-14H2,1-2H3,(H2,19,20,21). The minimum absolute atomic E-state index is 0.260. The highest BCUT2D eigenvalue weighted by atomic mass is 32.1. The van der Waals surface area contributed by atoms with Gasteiger partial charge in [0.2, 0.25) is 0 Å². The van der Waals surface area contributed by atoms with Crippen LogP contribution >= 0.6 is 11.3 Å². The van der Waals surface area contributed by atoms with Gasteiger partial charge in [0, 0.05) is 37.1 Å².